The fraction of sp³-hybridized carbons (Fsp3) is 0.917. The highest BCUT2D eigenvalue weighted by Crippen LogP contribution is 2.30. The number of carbonyl (C=O) groups excluding carboxylic acids is 1. The van der Waals surface area contributed by atoms with Crippen LogP contribution in [0.1, 0.15) is 25.7 Å². The molecule has 4 nitrogen and oxygen atoms in total. The summed E-state index contributed by atoms with van der Waals surface area (Å²) in [5, 5.41) is 2.73. The van der Waals surface area contributed by atoms with E-state index in [-0.39, 0.29) is 18.9 Å². The van der Waals surface area contributed by atoms with Gasteiger partial charge in [-0.3, -0.25) is 4.79 Å². The molecule has 0 aromatic heterocycles. The summed E-state index contributed by atoms with van der Waals surface area (Å²) in [5.74, 6) is 0.566. The third-order valence-corrected chi connectivity index (χ3v) is 3.42. The molecule has 0 spiro atoms. The van der Waals surface area contributed by atoms with Crippen LogP contribution in [-0.2, 0) is 9.53 Å². The zero-order chi connectivity index (χ0) is 14.3. The van der Waals surface area contributed by atoms with Crippen LogP contribution >= 0.6 is 0 Å². The summed E-state index contributed by atoms with van der Waals surface area (Å²) >= 11 is 0. The normalized spacial score (nSPS) is 23.6. The van der Waals surface area contributed by atoms with Crippen molar-refractivity contribution >= 4 is 5.91 Å². The maximum atomic E-state index is 11.8. The summed E-state index contributed by atoms with van der Waals surface area (Å²) in [6.45, 7) is -0.344. The second-order valence-electron chi connectivity index (χ2n) is 4.91. The zero-order valence-electron chi connectivity index (χ0n) is 10.8. The molecule has 112 valence electrons. The molecule has 3 N–H and O–H groups in total. The molecule has 1 aliphatic carbocycles. The average Bonchev–Trinajstić information content (AvgIpc) is 2.78. The second kappa shape index (κ2) is 7.69. The van der Waals surface area contributed by atoms with E-state index in [2.05, 4.69) is 10.1 Å². The number of nitrogens with two attached hydrogens (primary N) is 1. The van der Waals surface area contributed by atoms with Crippen molar-refractivity contribution in [1.29, 1.82) is 0 Å². The van der Waals surface area contributed by atoms with Gasteiger partial charge in [0.1, 0.15) is 6.61 Å². The summed E-state index contributed by atoms with van der Waals surface area (Å²) in [5.41, 5.74) is 5.63. The van der Waals surface area contributed by atoms with Crippen molar-refractivity contribution in [3.8, 4) is 0 Å². The Bertz CT molecular complexity index is 285. The average molecular weight is 282 g/mol. The van der Waals surface area contributed by atoms with Crippen LogP contribution in [0, 0.1) is 11.8 Å². The minimum atomic E-state index is -4.34. The van der Waals surface area contributed by atoms with Crippen molar-refractivity contribution in [2.75, 3.05) is 26.3 Å². The van der Waals surface area contributed by atoms with Gasteiger partial charge in [0.25, 0.3) is 0 Å². The Hall–Kier alpha value is -0.820. The third-order valence-electron chi connectivity index (χ3n) is 3.42. The molecule has 0 saturated heterocycles. The van der Waals surface area contributed by atoms with Gasteiger partial charge in [0.05, 0.1) is 6.61 Å². The summed E-state index contributed by atoms with van der Waals surface area (Å²) in [6.07, 6.45) is -1.12. The number of alkyl halides is 3. The van der Waals surface area contributed by atoms with Crippen LogP contribution in [0.5, 0.6) is 0 Å². The predicted molar refractivity (Wildman–Crippen MR) is 64.4 cm³/mol. The van der Waals surface area contributed by atoms with Gasteiger partial charge in [-0.1, -0.05) is 6.42 Å². The molecule has 7 heteroatoms. The van der Waals surface area contributed by atoms with E-state index in [4.69, 9.17) is 5.73 Å². The van der Waals surface area contributed by atoms with E-state index in [9.17, 15) is 18.0 Å². The molecule has 0 aromatic carbocycles. The van der Waals surface area contributed by atoms with Crippen LogP contribution in [0.4, 0.5) is 13.2 Å². The number of carbonyl (C=O) groups is 1. The molecule has 0 aromatic rings. The van der Waals surface area contributed by atoms with Crippen molar-refractivity contribution in [1.82, 2.24) is 5.32 Å². The first kappa shape index (κ1) is 16.2. The summed E-state index contributed by atoms with van der Waals surface area (Å²) in [4.78, 5) is 11.4. The number of hydrogen-bond donors (Lipinski definition) is 2. The van der Waals surface area contributed by atoms with Gasteiger partial charge in [0.15, 0.2) is 0 Å². The Labute approximate surface area is 110 Å². The highest BCUT2D eigenvalue weighted by atomic mass is 19.4. The standard InChI is InChI=1S/C12H21F3N2O2/c13-12(14,15)8-19-5-4-11(18)17-7-10-3-1-2-9(10)6-16/h9-10H,1-8,16H2,(H,17,18). The van der Waals surface area contributed by atoms with Crippen molar-refractivity contribution in [2.24, 2.45) is 17.6 Å². The molecule has 1 aliphatic rings. The Balaban J connectivity index is 2.08. The van der Waals surface area contributed by atoms with Crippen LogP contribution in [0.25, 0.3) is 0 Å². The van der Waals surface area contributed by atoms with E-state index in [1.54, 1.807) is 0 Å². The van der Waals surface area contributed by atoms with E-state index >= 15 is 0 Å². The lowest BCUT2D eigenvalue weighted by Gasteiger charge is -2.18. The van der Waals surface area contributed by atoms with Crippen LogP contribution < -0.4 is 11.1 Å². The molecule has 0 heterocycles. The molecule has 1 rings (SSSR count). The van der Waals surface area contributed by atoms with Gasteiger partial charge in [-0.15, -0.1) is 0 Å². The minimum Gasteiger partial charge on any atom is -0.372 e. The highest BCUT2D eigenvalue weighted by Gasteiger charge is 2.28. The third kappa shape index (κ3) is 6.77. The van der Waals surface area contributed by atoms with Crippen molar-refractivity contribution in [2.45, 2.75) is 31.9 Å². The Morgan fingerprint density at radius 1 is 1.32 bits per heavy atom. The van der Waals surface area contributed by atoms with Gasteiger partial charge in [0.2, 0.25) is 5.91 Å². The Morgan fingerprint density at radius 2 is 2.00 bits per heavy atom. The number of halogens is 3. The summed E-state index contributed by atoms with van der Waals surface area (Å²) in [7, 11) is 0. The number of rotatable bonds is 7. The molecule has 1 saturated carbocycles. The van der Waals surface area contributed by atoms with E-state index in [0.717, 1.165) is 19.3 Å². The fourth-order valence-corrected chi connectivity index (χ4v) is 2.38. The molecular weight excluding hydrogens is 261 g/mol. The largest absolute Gasteiger partial charge is 0.411 e. The van der Waals surface area contributed by atoms with E-state index in [1.807, 2.05) is 0 Å². The molecule has 2 atom stereocenters. The molecule has 2 unspecified atom stereocenters. The number of ether oxygens (including phenoxy) is 1. The lowest BCUT2D eigenvalue weighted by atomic mass is 9.96. The van der Waals surface area contributed by atoms with Crippen LogP contribution in [0.3, 0.4) is 0 Å². The fourth-order valence-electron chi connectivity index (χ4n) is 2.38. The predicted octanol–water partition coefficient (Wildman–Crippen LogP) is 1.45. The van der Waals surface area contributed by atoms with Crippen molar-refractivity contribution < 1.29 is 22.7 Å². The van der Waals surface area contributed by atoms with Gasteiger partial charge in [-0.25, -0.2) is 0 Å². The van der Waals surface area contributed by atoms with Gasteiger partial charge in [0, 0.05) is 13.0 Å². The van der Waals surface area contributed by atoms with Crippen molar-refractivity contribution in [3.05, 3.63) is 0 Å². The van der Waals surface area contributed by atoms with E-state index in [0.29, 0.717) is 24.9 Å². The Kier molecular flexibility index (Phi) is 6.57. The van der Waals surface area contributed by atoms with Crippen LogP contribution in [0.2, 0.25) is 0 Å². The number of amides is 1. The lowest BCUT2D eigenvalue weighted by Crippen LogP contribution is -2.33. The van der Waals surface area contributed by atoms with Crippen molar-refractivity contribution in [3.63, 3.8) is 0 Å². The van der Waals surface area contributed by atoms with E-state index < -0.39 is 12.8 Å². The molecule has 1 amide bonds. The number of nitrogens with one attached hydrogen (secondary N) is 1. The summed E-state index contributed by atoms with van der Waals surface area (Å²) < 4.78 is 39.7. The first-order chi connectivity index (χ1) is 8.92. The monoisotopic (exact) mass is 282 g/mol. The van der Waals surface area contributed by atoms with Gasteiger partial charge in [-0.05, 0) is 31.2 Å². The number of hydrogen-bond acceptors (Lipinski definition) is 3. The van der Waals surface area contributed by atoms with Gasteiger partial charge in [-0.2, -0.15) is 13.2 Å². The first-order valence-electron chi connectivity index (χ1n) is 6.53. The van der Waals surface area contributed by atoms with Gasteiger partial charge < -0.3 is 15.8 Å². The zero-order valence-corrected chi connectivity index (χ0v) is 10.8. The maximum Gasteiger partial charge on any atom is 0.411 e. The quantitative estimate of drug-likeness (QED) is 0.695. The summed E-state index contributed by atoms with van der Waals surface area (Å²) in [6, 6.07) is 0. The first-order valence-corrected chi connectivity index (χ1v) is 6.53. The Morgan fingerprint density at radius 3 is 2.63 bits per heavy atom. The van der Waals surface area contributed by atoms with Crippen LogP contribution in [-0.4, -0.2) is 38.4 Å². The molecule has 0 bridgehead atoms. The van der Waals surface area contributed by atoms with Crippen LogP contribution in [0.15, 0.2) is 0 Å². The highest BCUT2D eigenvalue weighted by molar-refractivity contribution is 5.75. The second-order valence-corrected chi connectivity index (χ2v) is 4.91. The molecule has 19 heavy (non-hydrogen) atoms. The molecule has 0 radical (unpaired) electrons. The SMILES string of the molecule is NCC1CCCC1CNC(=O)CCOCC(F)(F)F. The molecular formula is C12H21F3N2O2. The van der Waals surface area contributed by atoms with Gasteiger partial charge >= 0.3 is 6.18 Å². The smallest absolute Gasteiger partial charge is 0.372 e. The molecule has 0 aliphatic heterocycles. The lowest BCUT2D eigenvalue weighted by molar-refractivity contribution is -0.174. The topological polar surface area (TPSA) is 64.3 Å². The maximum absolute atomic E-state index is 11.8. The minimum absolute atomic E-state index is 0.0455. The molecule has 1 fully saturated rings. The van der Waals surface area contributed by atoms with E-state index in [1.165, 1.54) is 0 Å².